The molecule has 3 fully saturated rings. The molecule has 0 bridgehead atoms. The molecular formula is C22H27F3N4O2. The van der Waals surface area contributed by atoms with E-state index in [-0.39, 0.29) is 22.9 Å². The lowest BCUT2D eigenvalue weighted by Gasteiger charge is -2.43. The minimum Gasteiger partial charge on any atom is -0.380 e. The van der Waals surface area contributed by atoms with Crippen molar-refractivity contribution in [1.82, 2.24) is 10.2 Å². The van der Waals surface area contributed by atoms with Gasteiger partial charge in [0.15, 0.2) is 0 Å². The highest BCUT2D eigenvalue weighted by Gasteiger charge is 2.51. The third-order valence-electron chi connectivity index (χ3n) is 6.80. The lowest BCUT2D eigenvalue weighted by Crippen LogP contribution is -2.54. The minimum atomic E-state index is -4.59. The summed E-state index contributed by atoms with van der Waals surface area (Å²) < 4.78 is 46.4. The van der Waals surface area contributed by atoms with Crippen LogP contribution in [0.1, 0.15) is 30.4 Å². The molecule has 9 heteroatoms. The van der Waals surface area contributed by atoms with E-state index in [1.807, 2.05) is 4.90 Å². The number of fused-ring (bicyclic) bond motifs is 1. The zero-order chi connectivity index (χ0) is 22.2. The van der Waals surface area contributed by atoms with Gasteiger partial charge in [-0.2, -0.15) is 18.4 Å². The fourth-order valence-corrected chi connectivity index (χ4v) is 4.89. The van der Waals surface area contributed by atoms with Crippen LogP contribution in [0.15, 0.2) is 18.2 Å². The molecule has 2 saturated heterocycles. The first-order chi connectivity index (χ1) is 14.8. The number of nitriles is 1. The van der Waals surface area contributed by atoms with Crippen LogP contribution < -0.4 is 10.2 Å². The number of anilines is 1. The number of carbonyl (C=O) groups excluding carboxylic acids is 1. The molecule has 1 aromatic carbocycles. The summed E-state index contributed by atoms with van der Waals surface area (Å²) >= 11 is 0. The first-order valence-corrected chi connectivity index (χ1v) is 10.7. The van der Waals surface area contributed by atoms with Crippen molar-refractivity contribution in [3.63, 3.8) is 0 Å². The molecule has 1 saturated carbocycles. The Balaban J connectivity index is 1.59. The molecule has 4 rings (SSSR count). The molecule has 0 radical (unpaired) electrons. The molecule has 0 aromatic heterocycles. The number of hydrogen-bond donors (Lipinski definition) is 1. The molecule has 0 unspecified atom stereocenters. The van der Waals surface area contributed by atoms with Crippen molar-refractivity contribution < 1.29 is 22.7 Å². The second-order valence-electron chi connectivity index (χ2n) is 9.00. The van der Waals surface area contributed by atoms with Gasteiger partial charge in [0, 0.05) is 50.9 Å². The fraction of sp³-hybridized carbons (Fsp3) is 0.636. The van der Waals surface area contributed by atoms with Gasteiger partial charge in [0.25, 0.3) is 0 Å². The molecule has 2 aliphatic heterocycles. The van der Waals surface area contributed by atoms with Crippen molar-refractivity contribution in [3.05, 3.63) is 29.3 Å². The Morgan fingerprint density at radius 3 is 2.74 bits per heavy atom. The Labute approximate surface area is 179 Å². The van der Waals surface area contributed by atoms with Gasteiger partial charge >= 0.3 is 12.2 Å². The SMILES string of the molecule is CNC(=O)N1CC[C@H]2CN(c3ccc(C#N)c(C(F)(F)F)c3)C[C@@]2(COCC2CC2)C1. The van der Waals surface area contributed by atoms with E-state index in [4.69, 9.17) is 10.00 Å². The molecule has 1 N–H and O–H groups in total. The van der Waals surface area contributed by atoms with E-state index < -0.39 is 11.7 Å². The van der Waals surface area contributed by atoms with Crippen molar-refractivity contribution in [1.29, 1.82) is 5.26 Å². The number of piperidine rings is 1. The number of halogens is 3. The van der Waals surface area contributed by atoms with Crippen molar-refractivity contribution in [3.8, 4) is 6.07 Å². The largest absolute Gasteiger partial charge is 0.417 e. The van der Waals surface area contributed by atoms with Crippen molar-refractivity contribution in [2.45, 2.75) is 25.4 Å². The number of nitrogens with one attached hydrogen (secondary N) is 1. The molecule has 168 valence electrons. The summed E-state index contributed by atoms with van der Waals surface area (Å²) in [7, 11) is 1.60. The number of hydrogen-bond acceptors (Lipinski definition) is 4. The number of carbonyl (C=O) groups is 1. The second kappa shape index (κ2) is 8.23. The Bertz CT molecular complexity index is 880. The van der Waals surface area contributed by atoms with Crippen molar-refractivity contribution >= 4 is 11.7 Å². The molecule has 2 amide bonds. The van der Waals surface area contributed by atoms with E-state index in [9.17, 15) is 18.0 Å². The van der Waals surface area contributed by atoms with E-state index in [1.165, 1.54) is 18.9 Å². The molecule has 6 nitrogen and oxygen atoms in total. The maximum absolute atomic E-state index is 13.5. The summed E-state index contributed by atoms with van der Waals surface area (Å²) in [6, 6.07) is 5.40. The van der Waals surface area contributed by atoms with Crippen LogP contribution in [0.25, 0.3) is 0 Å². The maximum Gasteiger partial charge on any atom is 0.417 e. The first-order valence-electron chi connectivity index (χ1n) is 10.7. The fourth-order valence-electron chi connectivity index (χ4n) is 4.89. The van der Waals surface area contributed by atoms with Gasteiger partial charge in [0.1, 0.15) is 0 Å². The van der Waals surface area contributed by atoms with Crippen LogP contribution in [0.5, 0.6) is 0 Å². The Hall–Kier alpha value is -2.47. The van der Waals surface area contributed by atoms with E-state index in [0.717, 1.165) is 12.5 Å². The number of likely N-dealkylation sites (tertiary alicyclic amines) is 1. The maximum atomic E-state index is 13.5. The highest BCUT2D eigenvalue weighted by molar-refractivity contribution is 5.74. The lowest BCUT2D eigenvalue weighted by molar-refractivity contribution is -0.137. The van der Waals surface area contributed by atoms with Gasteiger partial charge in [-0.05, 0) is 49.3 Å². The third-order valence-corrected chi connectivity index (χ3v) is 6.80. The normalized spacial score (nSPS) is 25.8. The molecule has 3 aliphatic rings. The number of alkyl halides is 3. The summed E-state index contributed by atoms with van der Waals surface area (Å²) in [4.78, 5) is 16.0. The monoisotopic (exact) mass is 436 g/mol. The topological polar surface area (TPSA) is 68.6 Å². The van der Waals surface area contributed by atoms with Gasteiger partial charge in [-0.15, -0.1) is 0 Å². The van der Waals surface area contributed by atoms with Crippen LogP contribution in [0, 0.1) is 28.6 Å². The summed E-state index contributed by atoms with van der Waals surface area (Å²) in [5.41, 5.74) is -1.16. The first kappa shape index (κ1) is 21.8. The van der Waals surface area contributed by atoms with Crippen molar-refractivity contribution in [2.75, 3.05) is 51.3 Å². The number of rotatable bonds is 5. The number of ether oxygens (including phenoxy) is 1. The van der Waals surface area contributed by atoms with Crippen LogP contribution in [-0.4, -0.2) is 57.4 Å². The van der Waals surface area contributed by atoms with Crippen LogP contribution in [0.4, 0.5) is 23.7 Å². The van der Waals surface area contributed by atoms with E-state index in [0.29, 0.717) is 51.0 Å². The number of urea groups is 1. The zero-order valence-corrected chi connectivity index (χ0v) is 17.5. The minimum absolute atomic E-state index is 0.142. The van der Waals surface area contributed by atoms with Gasteiger partial charge in [-0.1, -0.05) is 0 Å². The van der Waals surface area contributed by atoms with E-state index >= 15 is 0 Å². The molecule has 2 atom stereocenters. The van der Waals surface area contributed by atoms with Crippen LogP contribution in [-0.2, 0) is 10.9 Å². The quantitative estimate of drug-likeness (QED) is 0.768. The van der Waals surface area contributed by atoms with Gasteiger partial charge in [0.05, 0.1) is 23.8 Å². The predicted molar refractivity (Wildman–Crippen MR) is 108 cm³/mol. The van der Waals surface area contributed by atoms with Gasteiger partial charge < -0.3 is 19.9 Å². The average molecular weight is 436 g/mol. The highest BCUT2D eigenvalue weighted by Crippen LogP contribution is 2.45. The highest BCUT2D eigenvalue weighted by atomic mass is 19.4. The number of nitrogens with zero attached hydrogens (tertiary/aromatic N) is 3. The Kier molecular flexibility index (Phi) is 5.77. The molecular weight excluding hydrogens is 409 g/mol. The Morgan fingerprint density at radius 2 is 2.10 bits per heavy atom. The van der Waals surface area contributed by atoms with Crippen molar-refractivity contribution in [2.24, 2.45) is 17.3 Å². The zero-order valence-electron chi connectivity index (χ0n) is 17.5. The summed E-state index contributed by atoms with van der Waals surface area (Å²) in [6.07, 6.45) is -1.45. The van der Waals surface area contributed by atoms with Gasteiger partial charge in [0.2, 0.25) is 0 Å². The molecule has 2 heterocycles. The molecule has 31 heavy (non-hydrogen) atoms. The van der Waals surface area contributed by atoms with Crippen LogP contribution in [0.2, 0.25) is 0 Å². The number of amides is 2. The van der Waals surface area contributed by atoms with Gasteiger partial charge in [-0.3, -0.25) is 0 Å². The second-order valence-corrected chi connectivity index (χ2v) is 9.00. The number of benzene rings is 1. The average Bonchev–Trinajstić information content (AvgIpc) is 3.49. The van der Waals surface area contributed by atoms with Crippen LogP contribution >= 0.6 is 0 Å². The standard InChI is InChI=1S/C22H27F3N4O2/c1-27-20(30)28-7-6-17-10-29(13-21(17,12-28)14-31-11-15-2-3-15)18-5-4-16(9-26)19(8-18)22(23,24)25/h4-5,8,15,17H,2-3,6-7,10-14H2,1H3,(H,27,30)/t17-,21+/m0/s1. The van der Waals surface area contributed by atoms with Gasteiger partial charge in [-0.25, -0.2) is 4.79 Å². The Morgan fingerprint density at radius 1 is 1.32 bits per heavy atom. The lowest BCUT2D eigenvalue weighted by atomic mass is 9.74. The van der Waals surface area contributed by atoms with Crippen LogP contribution in [0.3, 0.4) is 0 Å². The smallest absolute Gasteiger partial charge is 0.380 e. The summed E-state index contributed by atoms with van der Waals surface area (Å²) in [6.45, 7) is 3.44. The summed E-state index contributed by atoms with van der Waals surface area (Å²) in [5.74, 6) is 0.830. The predicted octanol–water partition coefficient (Wildman–Crippen LogP) is 3.47. The third kappa shape index (κ3) is 4.45. The van der Waals surface area contributed by atoms with E-state index in [1.54, 1.807) is 24.1 Å². The molecule has 1 aliphatic carbocycles. The molecule has 1 aromatic rings. The summed E-state index contributed by atoms with van der Waals surface area (Å²) in [5, 5.41) is 11.7. The molecule has 0 spiro atoms. The van der Waals surface area contributed by atoms with E-state index in [2.05, 4.69) is 5.32 Å².